The zero-order valence-electron chi connectivity index (χ0n) is 14.3. The molecule has 1 fully saturated rings. The summed E-state index contributed by atoms with van der Waals surface area (Å²) in [6, 6.07) is 4.48. The van der Waals surface area contributed by atoms with Crippen LogP contribution in [0.1, 0.15) is 51.6 Å². The van der Waals surface area contributed by atoms with Gasteiger partial charge in [0.05, 0.1) is 5.69 Å². The summed E-state index contributed by atoms with van der Waals surface area (Å²) in [6.07, 6.45) is 2.10. The molecule has 1 aromatic carbocycles. The predicted octanol–water partition coefficient (Wildman–Crippen LogP) is 4.47. The molecule has 1 amide bonds. The van der Waals surface area contributed by atoms with Gasteiger partial charge in [-0.2, -0.15) is 0 Å². The Hall–Kier alpha value is -2.11. The summed E-state index contributed by atoms with van der Waals surface area (Å²) in [7, 11) is 0. The molecule has 0 radical (unpaired) electrons. The highest BCUT2D eigenvalue weighted by Crippen LogP contribution is 2.33. The van der Waals surface area contributed by atoms with E-state index in [1.165, 1.54) is 12.1 Å². The van der Waals surface area contributed by atoms with Crippen molar-refractivity contribution in [2.24, 2.45) is 0 Å². The zero-order valence-corrected chi connectivity index (χ0v) is 14.3. The molecule has 0 atom stereocenters. The van der Waals surface area contributed by atoms with Gasteiger partial charge in [0.2, 0.25) is 0 Å². The van der Waals surface area contributed by atoms with Gasteiger partial charge in [-0.15, -0.1) is 0 Å². The Morgan fingerprint density at radius 2 is 2.12 bits per heavy atom. The largest absolute Gasteiger partial charge is 0.443 e. The molecule has 1 aliphatic heterocycles. The molecule has 24 heavy (non-hydrogen) atoms. The number of carbonyl (C=O) groups excluding carboxylic acids is 1. The molecular formula is C18H23FN2O3. The first kappa shape index (κ1) is 16.7. The molecule has 1 aromatic heterocycles. The molecule has 0 bridgehead atoms. The fourth-order valence-electron chi connectivity index (χ4n) is 2.93. The Bertz CT molecular complexity index is 733. The summed E-state index contributed by atoms with van der Waals surface area (Å²) in [6.45, 7) is 7.08. The first-order valence-electron chi connectivity index (χ1n) is 8.42. The van der Waals surface area contributed by atoms with Crippen LogP contribution < -0.4 is 0 Å². The predicted molar refractivity (Wildman–Crippen MR) is 88.4 cm³/mol. The summed E-state index contributed by atoms with van der Waals surface area (Å²) < 4.78 is 24.0. The van der Waals surface area contributed by atoms with E-state index < -0.39 is 5.60 Å². The van der Waals surface area contributed by atoms with Crippen LogP contribution in [0.2, 0.25) is 0 Å². The van der Waals surface area contributed by atoms with E-state index in [0.29, 0.717) is 18.7 Å². The van der Waals surface area contributed by atoms with E-state index >= 15 is 0 Å². The fraction of sp³-hybridized carbons (Fsp3) is 0.556. The lowest BCUT2D eigenvalue weighted by atomic mass is 9.92. The van der Waals surface area contributed by atoms with Gasteiger partial charge in [-0.1, -0.05) is 12.1 Å². The van der Waals surface area contributed by atoms with Crippen LogP contribution in [0.5, 0.6) is 0 Å². The number of fused-ring (bicyclic) bond motifs is 1. The van der Waals surface area contributed by atoms with Gasteiger partial charge in [-0.3, -0.25) is 0 Å². The molecule has 0 spiro atoms. The zero-order chi connectivity index (χ0) is 17.3. The van der Waals surface area contributed by atoms with Crippen molar-refractivity contribution in [1.29, 1.82) is 0 Å². The smallest absolute Gasteiger partial charge is 0.410 e. The van der Waals surface area contributed by atoms with Crippen molar-refractivity contribution in [2.45, 2.75) is 51.6 Å². The van der Waals surface area contributed by atoms with Gasteiger partial charge >= 0.3 is 6.09 Å². The number of carbonyl (C=O) groups is 1. The van der Waals surface area contributed by atoms with Gasteiger partial charge in [-0.05, 0) is 45.2 Å². The van der Waals surface area contributed by atoms with Gasteiger partial charge in [-0.25, -0.2) is 9.18 Å². The molecule has 6 heteroatoms. The Labute approximate surface area is 140 Å². The minimum atomic E-state index is -0.444. The average molecular weight is 334 g/mol. The van der Waals surface area contributed by atoms with Crippen molar-refractivity contribution < 1.29 is 18.4 Å². The first-order valence-corrected chi connectivity index (χ1v) is 8.42. The SMILES string of the molecule is CCC(C)(C)OC(=O)N1CCC(c2noc3cc(F)ccc23)CC1. The van der Waals surface area contributed by atoms with E-state index in [1.807, 2.05) is 20.8 Å². The first-order chi connectivity index (χ1) is 11.4. The second-order valence-corrected chi connectivity index (χ2v) is 6.95. The van der Waals surface area contributed by atoms with Crippen molar-refractivity contribution in [3.63, 3.8) is 0 Å². The van der Waals surface area contributed by atoms with E-state index in [4.69, 9.17) is 9.26 Å². The molecular weight excluding hydrogens is 311 g/mol. The fourth-order valence-corrected chi connectivity index (χ4v) is 2.93. The topological polar surface area (TPSA) is 55.6 Å². The number of amides is 1. The number of aromatic nitrogens is 1. The standard InChI is InChI=1S/C18H23FN2O3/c1-4-18(2,3)23-17(22)21-9-7-12(8-10-21)16-14-6-5-13(19)11-15(14)24-20-16/h5-6,11-12H,4,7-10H2,1-3H3. The third-order valence-electron chi connectivity index (χ3n) is 4.82. The Balaban J connectivity index is 1.65. The molecule has 2 heterocycles. The monoisotopic (exact) mass is 334 g/mol. The number of benzene rings is 1. The highest BCUT2D eigenvalue weighted by molar-refractivity contribution is 5.80. The highest BCUT2D eigenvalue weighted by Gasteiger charge is 2.30. The quantitative estimate of drug-likeness (QED) is 0.831. The number of likely N-dealkylation sites (tertiary alicyclic amines) is 1. The molecule has 3 rings (SSSR count). The second-order valence-electron chi connectivity index (χ2n) is 6.95. The van der Waals surface area contributed by atoms with Crippen LogP contribution in [0.15, 0.2) is 22.7 Å². The molecule has 1 saturated heterocycles. The van der Waals surface area contributed by atoms with E-state index in [-0.39, 0.29) is 17.8 Å². The minimum Gasteiger partial charge on any atom is -0.443 e. The van der Waals surface area contributed by atoms with Crippen LogP contribution in [-0.4, -0.2) is 34.8 Å². The number of piperidine rings is 1. The van der Waals surface area contributed by atoms with Crippen LogP contribution in [0.3, 0.4) is 0 Å². The Morgan fingerprint density at radius 3 is 2.79 bits per heavy atom. The number of hydrogen-bond donors (Lipinski definition) is 0. The van der Waals surface area contributed by atoms with Crippen LogP contribution in [-0.2, 0) is 4.74 Å². The number of halogens is 1. The molecule has 0 unspecified atom stereocenters. The van der Waals surface area contributed by atoms with Crippen molar-refractivity contribution in [3.8, 4) is 0 Å². The third kappa shape index (κ3) is 3.37. The maximum absolute atomic E-state index is 13.2. The van der Waals surface area contributed by atoms with Crippen molar-refractivity contribution >= 4 is 17.1 Å². The van der Waals surface area contributed by atoms with E-state index in [9.17, 15) is 9.18 Å². The summed E-state index contributed by atoms with van der Waals surface area (Å²) in [5, 5.41) is 4.98. The minimum absolute atomic E-state index is 0.208. The summed E-state index contributed by atoms with van der Waals surface area (Å²) in [4.78, 5) is 14.0. The molecule has 0 saturated carbocycles. The maximum atomic E-state index is 13.2. The number of nitrogens with zero attached hydrogens (tertiary/aromatic N) is 2. The van der Waals surface area contributed by atoms with Crippen LogP contribution in [0.4, 0.5) is 9.18 Å². The lowest BCUT2D eigenvalue weighted by molar-refractivity contribution is 0.00742. The number of ether oxygens (including phenoxy) is 1. The van der Waals surface area contributed by atoms with Crippen molar-refractivity contribution in [1.82, 2.24) is 10.1 Å². The third-order valence-corrected chi connectivity index (χ3v) is 4.82. The van der Waals surface area contributed by atoms with Gasteiger partial charge in [0, 0.05) is 30.5 Å². The normalized spacial score (nSPS) is 16.6. The lowest BCUT2D eigenvalue weighted by Crippen LogP contribution is -2.42. The van der Waals surface area contributed by atoms with Crippen LogP contribution in [0.25, 0.3) is 11.0 Å². The summed E-state index contributed by atoms with van der Waals surface area (Å²) >= 11 is 0. The molecule has 0 N–H and O–H groups in total. The molecule has 1 aliphatic rings. The van der Waals surface area contributed by atoms with Gasteiger partial charge < -0.3 is 14.2 Å². The maximum Gasteiger partial charge on any atom is 0.410 e. The molecule has 130 valence electrons. The van der Waals surface area contributed by atoms with Gasteiger partial charge in [0.15, 0.2) is 5.58 Å². The van der Waals surface area contributed by atoms with Crippen molar-refractivity contribution in [3.05, 3.63) is 29.7 Å². The molecule has 0 aliphatic carbocycles. The van der Waals surface area contributed by atoms with Crippen molar-refractivity contribution in [2.75, 3.05) is 13.1 Å². The lowest BCUT2D eigenvalue weighted by Gasteiger charge is -2.33. The Kier molecular flexibility index (Phi) is 4.47. The summed E-state index contributed by atoms with van der Waals surface area (Å²) in [5.41, 5.74) is 0.879. The van der Waals surface area contributed by atoms with Gasteiger partial charge in [0.1, 0.15) is 11.4 Å². The molecule has 5 nitrogen and oxygen atoms in total. The number of hydrogen-bond acceptors (Lipinski definition) is 4. The van der Waals surface area contributed by atoms with Crippen LogP contribution >= 0.6 is 0 Å². The Morgan fingerprint density at radius 1 is 1.42 bits per heavy atom. The van der Waals surface area contributed by atoms with Gasteiger partial charge in [0.25, 0.3) is 0 Å². The molecule has 2 aromatic rings. The average Bonchev–Trinajstić information content (AvgIpc) is 2.97. The second kappa shape index (κ2) is 6.42. The number of rotatable bonds is 3. The van der Waals surface area contributed by atoms with E-state index in [1.54, 1.807) is 11.0 Å². The van der Waals surface area contributed by atoms with E-state index in [0.717, 1.165) is 30.3 Å². The van der Waals surface area contributed by atoms with E-state index in [2.05, 4.69) is 5.16 Å². The summed E-state index contributed by atoms with van der Waals surface area (Å²) in [5.74, 6) is -0.124. The highest BCUT2D eigenvalue weighted by atomic mass is 19.1. The van der Waals surface area contributed by atoms with Crippen LogP contribution in [0, 0.1) is 5.82 Å².